The second-order valence-corrected chi connectivity index (χ2v) is 7.27. The van der Waals surface area contributed by atoms with E-state index in [2.05, 4.69) is 21.1 Å². The first-order valence-corrected chi connectivity index (χ1v) is 9.30. The minimum atomic E-state index is -2.73. The standard InChI is InChI=1S/C15H13BrClNO5S/c1-7(23-24(20)21)12-9(4-5-11(17)13(12)16)14(19)10-6-18-22-15(10)8-2-3-8/h4-8H,2-3H2,1H3,(H,20,21)/p-1. The van der Waals surface area contributed by atoms with Crippen molar-refractivity contribution in [1.29, 1.82) is 0 Å². The minimum absolute atomic E-state index is 0.216. The van der Waals surface area contributed by atoms with Gasteiger partial charge in [0.15, 0.2) is 11.5 Å². The Morgan fingerprint density at radius 2 is 2.21 bits per heavy atom. The zero-order chi connectivity index (χ0) is 17.4. The second-order valence-electron chi connectivity index (χ2n) is 5.47. The third-order valence-electron chi connectivity index (χ3n) is 3.80. The van der Waals surface area contributed by atoms with Crippen molar-refractivity contribution >= 4 is 44.7 Å². The molecule has 0 radical (unpaired) electrons. The van der Waals surface area contributed by atoms with Crippen molar-refractivity contribution in [2.24, 2.45) is 0 Å². The highest BCUT2D eigenvalue weighted by Gasteiger charge is 2.34. The number of aromatic nitrogens is 1. The van der Waals surface area contributed by atoms with Gasteiger partial charge in [0.2, 0.25) is 0 Å². The van der Waals surface area contributed by atoms with Crippen molar-refractivity contribution in [2.45, 2.75) is 31.8 Å². The molecule has 0 spiro atoms. The Labute approximate surface area is 154 Å². The van der Waals surface area contributed by atoms with Gasteiger partial charge >= 0.3 is 0 Å². The number of rotatable bonds is 6. The Morgan fingerprint density at radius 3 is 2.83 bits per heavy atom. The Balaban J connectivity index is 2.06. The van der Waals surface area contributed by atoms with E-state index in [-0.39, 0.29) is 17.3 Å². The highest BCUT2D eigenvalue weighted by molar-refractivity contribution is 9.10. The predicted octanol–water partition coefficient (Wildman–Crippen LogP) is 4.07. The minimum Gasteiger partial charge on any atom is -0.750 e. The number of hydrogen-bond acceptors (Lipinski definition) is 6. The van der Waals surface area contributed by atoms with Crippen LogP contribution in [0, 0.1) is 0 Å². The molecule has 3 rings (SSSR count). The van der Waals surface area contributed by atoms with E-state index in [0.717, 1.165) is 12.8 Å². The van der Waals surface area contributed by atoms with E-state index < -0.39 is 17.5 Å². The van der Waals surface area contributed by atoms with Crippen molar-refractivity contribution in [2.75, 3.05) is 0 Å². The van der Waals surface area contributed by atoms with Crippen molar-refractivity contribution in [3.05, 3.63) is 50.3 Å². The topological polar surface area (TPSA) is 92.5 Å². The van der Waals surface area contributed by atoms with Gasteiger partial charge in [-0.3, -0.25) is 8.98 Å². The maximum atomic E-state index is 13.0. The molecule has 0 saturated heterocycles. The monoisotopic (exact) mass is 432 g/mol. The van der Waals surface area contributed by atoms with Crippen LogP contribution in [0.2, 0.25) is 5.02 Å². The first-order chi connectivity index (χ1) is 11.4. The SMILES string of the molecule is CC(OS(=O)[O-])c1c(C(=O)c2cnoc2C2CC2)ccc(Cl)c1Br. The lowest BCUT2D eigenvalue weighted by Gasteiger charge is -2.19. The lowest BCUT2D eigenvalue weighted by atomic mass is 9.95. The Kier molecular flexibility index (Phi) is 5.22. The molecule has 1 aromatic carbocycles. The van der Waals surface area contributed by atoms with Gasteiger partial charge in [0.1, 0.15) is 0 Å². The molecule has 6 nitrogen and oxygen atoms in total. The van der Waals surface area contributed by atoms with Gasteiger partial charge in [-0.1, -0.05) is 16.8 Å². The summed E-state index contributed by atoms with van der Waals surface area (Å²) in [5.41, 5.74) is 1.03. The summed E-state index contributed by atoms with van der Waals surface area (Å²) in [5, 5.41) is 4.08. The van der Waals surface area contributed by atoms with E-state index in [1.165, 1.54) is 13.1 Å². The Morgan fingerprint density at radius 1 is 1.50 bits per heavy atom. The van der Waals surface area contributed by atoms with Gasteiger partial charge in [0, 0.05) is 21.5 Å². The van der Waals surface area contributed by atoms with Crippen LogP contribution in [0.4, 0.5) is 0 Å². The summed E-state index contributed by atoms with van der Waals surface area (Å²) in [7, 11) is 0. The molecule has 128 valence electrons. The molecule has 2 unspecified atom stereocenters. The largest absolute Gasteiger partial charge is 0.750 e. The molecule has 1 aliphatic carbocycles. The van der Waals surface area contributed by atoms with Crippen LogP contribution in [-0.2, 0) is 15.5 Å². The molecule has 1 aromatic heterocycles. The number of halogens is 2. The molecule has 9 heteroatoms. The third kappa shape index (κ3) is 3.48. The smallest absolute Gasteiger partial charge is 0.198 e. The van der Waals surface area contributed by atoms with Crippen LogP contribution in [-0.4, -0.2) is 19.7 Å². The normalized spacial score (nSPS) is 16.8. The highest BCUT2D eigenvalue weighted by Crippen LogP contribution is 2.43. The van der Waals surface area contributed by atoms with Crippen molar-refractivity contribution in [1.82, 2.24) is 5.16 Å². The van der Waals surface area contributed by atoms with Crippen LogP contribution in [0.25, 0.3) is 0 Å². The molecule has 1 heterocycles. The van der Waals surface area contributed by atoms with Gasteiger partial charge in [-0.05, 0) is 47.8 Å². The molecular formula is C15H12BrClNO5S-. The predicted molar refractivity (Wildman–Crippen MR) is 89.5 cm³/mol. The molecular weight excluding hydrogens is 422 g/mol. The lowest BCUT2D eigenvalue weighted by Crippen LogP contribution is -2.12. The fraction of sp³-hybridized carbons (Fsp3) is 0.333. The highest BCUT2D eigenvalue weighted by atomic mass is 79.9. The van der Waals surface area contributed by atoms with E-state index in [0.29, 0.717) is 26.4 Å². The second kappa shape index (κ2) is 7.05. The van der Waals surface area contributed by atoms with Crippen LogP contribution in [0.1, 0.15) is 59.0 Å². The summed E-state index contributed by atoms with van der Waals surface area (Å²) in [6.07, 6.45) is 2.42. The van der Waals surface area contributed by atoms with Crippen LogP contribution in [0.15, 0.2) is 27.3 Å². The average molecular weight is 434 g/mol. The number of hydrogen-bond donors (Lipinski definition) is 0. The van der Waals surface area contributed by atoms with Crippen LogP contribution in [0.3, 0.4) is 0 Å². The molecule has 2 aromatic rings. The van der Waals surface area contributed by atoms with Gasteiger partial charge in [0.05, 0.1) is 34.2 Å². The maximum absolute atomic E-state index is 13.0. The van der Waals surface area contributed by atoms with Crippen molar-refractivity contribution < 1.29 is 22.3 Å². The van der Waals surface area contributed by atoms with Crippen LogP contribution >= 0.6 is 27.5 Å². The van der Waals surface area contributed by atoms with Gasteiger partial charge in [-0.25, -0.2) is 4.21 Å². The number of carbonyl (C=O) groups excluding carboxylic acids is 1. The molecule has 1 aliphatic rings. The van der Waals surface area contributed by atoms with Gasteiger partial charge in [-0.2, -0.15) is 0 Å². The quantitative estimate of drug-likeness (QED) is 0.503. The zero-order valence-corrected chi connectivity index (χ0v) is 15.6. The summed E-state index contributed by atoms with van der Waals surface area (Å²) in [6.45, 7) is 1.53. The Hall–Kier alpha value is -1.06. The molecule has 1 fully saturated rings. The van der Waals surface area contributed by atoms with E-state index >= 15 is 0 Å². The lowest BCUT2D eigenvalue weighted by molar-refractivity contribution is 0.103. The summed E-state index contributed by atoms with van der Waals surface area (Å²) < 4.78 is 32.2. The van der Waals surface area contributed by atoms with E-state index in [4.69, 9.17) is 20.3 Å². The summed E-state index contributed by atoms with van der Waals surface area (Å²) in [5.74, 6) is 0.476. The molecule has 0 amide bonds. The summed E-state index contributed by atoms with van der Waals surface area (Å²) in [6, 6.07) is 3.11. The number of benzene rings is 1. The fourth-order valence-electron chi connectivity index (χ4n) is 2.53. The number of carbonyl (C=O) groups is 1. The van der Waals surface area contributed by atoms with Crippen molar-refractivity contribution in [3.63, 3.8) is 0 Å². The number of ketones is 1. The number of nitrogens with zero attached hydrogens (tertiary/aromatic N) is 1. The maximum Gasteiger partial charge on any atom is 0.198 e. The molecule has 0 N–H and O–H groups in total. The molecule has 1 saturated carbocycles. The fourth-order valence-corrected chi connectivity index (χ4v) is 3.70. The van der Waals surface area contributed by atoms with E-state index in [1.54, 1.807) is 12.1 Å². The van der Waals surface area contributed by atoms with Gasteiger partial charge in [-0.15, -0.1) is 0 Å². The van der Waals surface area contributed by atoms with Crippen molar-refractivity contribution in [3.8, 4) is 0 Å². The zero-order valence-electron chi connectivity index (χ0n) is 12.5. The van der Waals surface area contributed by atoms with Gasteiger partial charge in [0.25, 0.3) is 0 Å². The first-order valence-electron chi connectivity index (χ1n) is 7.13. The molecule has 0 bridgehead atoms. The Bertz CT molecular complexity index is 820. The first kappa shape index (κ1) is 17.8. The molecule has 0 aliphatic heterocycles. The third-order valence-corrected chi connectivity index (χ3v) is 5.64. The van der Waals surface area contributed by atoms with Crippen LogP contribution in [0.5, 0.6) is 0 Å². The molecule has 2 atom stereocenters. The van der Waals surface area contributed by atoms with E-state index in [9.17, 15) is 13.6 Å². The van der Waals surface area contributed by atoms with Crippen LogP contribution < -0.4 is 0 Å². The molecule has 24 heavy (non-hydrogen) atoms. The van der Waals surface area contributed by atoms with E-state index in [1.807, 2.05) is 0 Å². The average Bonchev–Trinajstić information content (AvgIpc) is 3.25. The summed E-state index contributed by atoms with van der Waals surface area (Å²) in [4.78, 5) is 13.0. The van der Waals surface area contributed by atoms with Gasteiger partial charge < -0.3 is 9.08 Å². The summed E-state index contributed by atoms with van der Waals surface area (Å²) >= 11 is 6.67.